The molecule has 0 radical (unpaired) electrons. The van der Waals surface area contributed by atoms with Gasteiger partial charge in [0.2, 0.25) is 0 Å². The minimum Gasteiger partial charge on any atom is -0.321 e. The number of carbonyl (C=O) groups excluding carboxylic acids is 1. The van der Waals surface area contributed by atoms with Gasteiger partial charge in [0.1, 0.15) is 0 Å². The topological polar surface area (TPSA) is 69.0 Å². The molecule has 1 heterocycles. The summed E-state index contributed by atoms with van der Waals surface area (Å²) < 4.78 is 38.9. The van der Waals surface area contributed by atoms with Gasteiger partial charge in [0, 0.05) is 25.1 Å². The second-order valence-corrected chi connectivity index (χ2v) is 5.37. The van der Waals surface area contributed by atoms with Crippen molar-refractivity contribution < 1.29 is 18.0 Å². The van der Waals surface area contributed by atoms with E-state index in [1.807, 2.05) is 0 Å². The minimum atomic E-state index is -4.68. The maximum atomic E-state index is 13.0. The number of nitrogens with one attached hydrogen (secondary N) is 1. The average Bonchev–Trinajstić information content (AvgIpc) is 2.60. The first-order valence-corrected chi connectivity index (χ1v) is 7.29. The molecular formula is C17H15F3N4O. The van der Waals surface area contributed by atoms with Crippen molar-refractivity contribution in [2.45, 2.75) is 19.1 Å². The van der Waals surface area contributed by atoms with E-state index in [2.05, 4.69) is 10.3 Å². The molecule has 130 valence electrons. The average molecular weight is 348 g/mol. The lowest BCUT2D eigenvalue weighted by atomic mass is 10.1. The summed E-state index contributed by atoms with van der Waals surface area (Å²) in [5.41, 5.74) is -0.782. The summed E-state index contributed by atoms with van der Waals surface area (Å²) in [5.74, 6) is 0. The monoisotopic (exact) mass is 348 g/mol. The van der Waals surface area contributed by atoms with Crippen molar-refractivity contribution in [1.82, 2.24) is 9.88 Å². The van der Waals surface area contributed by atoms with Crippen LogP contribution in [0.15, 0.2) is 42.7 Å². The Labute approximate surface area is 142 Å². The quantitative estimate of drug-likeness (QED) is 0.904. The lowest BCUT2D eigenvalue weighted by molar-refractivity contribution is -0.137. The van der Waals surface area contributed by atoms with Crippen LogP contribution in [0.1, 0.15) is 29.7 Å². The number of nitriles is 1. The minimum absolute atomic E-state index is 0.0369. The van der Waals surface area contributed by atoms with Gasteiger partial charge in [-0.2, -0.15) is 18.4 Å². The summed E-state index contributed by atoms with van der Waals surface area (Å²) in [6.07, 6.45) is -1.50. The highest BCUT2D eigenvalue weighted by Gasteiger charge is 2.34. The van der Waals surface area contributed by atoms with E-state index < -0.39 is 23.3 Å². The third-order valence-electron chi connectivity index (χ3n) is 3.79. The third-order valence-corrected chi connectivity index (χ3v) is 3.79. The van der Waals surface area contributed by atoms with Crippen LogP contribution < -0.4 is 5.32 Å². The molecule has 2 aromatic rings. The van der Waals surface area contributed by atoms with Gasteiger partial charge in [-0.1, -0.05) is 0 Å². The summed E-state index contributed by atoms with van der Waals surface area (Å²) in [4.78, 5) is 17.6. The number of nitrogens with zero attached hydrogens (tertiary/aromatic N) is 3. The fourth-order valence-corrected chi connectivity index (χ4v) is 2.21. The van der Waals surface area contributed by atoms with Crippen molar-refractivity contribution in [3.8, 4) is 6.07 Å². The fourth-order valence-electron chi connectivity index (χ4n) is 2.21. The second-order valence-electron chi connectivity index (χ2n) is 5.37. The summed E-state index contributed by atoms with van der Waals surface area (Å²) in [6, 6.07) is 7.17. The van der Waals surface area contributed by atoms with Crippen molar-refractivity contribution in [1.29, 1.82) is 5.26 Å². The molecule has 0 saturated heterocycles. The number of alkyl halides is 3. The van der Waals surface area contributed by atoms with Crippen LogP contribution in [0.25, 0.3) is 0 Å². The standard InChI is InChI=1S/C17H15F3N4O/c1-11(12-5-7-22-8-6-12)24(2)16(25)23-14-4-3-13(10-21)15(9-14)17(18,19)20/h3-9,11H,1-2H3,(H,23,25)/t11-/m1/s1. The van der Waals surface area contributed by atoms with Crippen LogP contribution in [-0.4, -0.2) is 23.0 Å². The number of hydrogen-bond donors (Lipinski definition) is 1. The number of urea groups is 1. The normalized spacial score (nSPS) is 12.2. The largest absolute Gasteiger partial charge is 0.417 e. The van der Waals surface area contributed by atoms with E-state index in [4.69, 9.17) is 5.26 Å². The highest BCUT2D eigenvalue weighted by Crippen LogP contribution is 2.33. The Kier molecular flexibility index (Phi) is 5.27. The SMILES string of the molecule is C[C@H](c1ccncc1)N(C)C(=O)Nc1ccc(C#N)c(C(F)(F)F)c1. The van der Waals surface area contributed by atoms with Crippen LogP contribution in [0.5, 0.6) is 0 Å². The number of hydrogen-bond acceptors (Lipinski definition) is 3. The number of amides is 2. The number of anilines is 1. The first-order chi connectivity index (χ1) is 11.7. The van der Waals surface area contributed by atoms with E-state index in [0.29, 0.717) is 0 Å². The van der Waals surface area contributed by atoms with E-state index >= 15 is 0 Å². The van der Waals surface area contributed by atoms with Crippen LogP contribution in [0.3, 0.4) is 0 Å². The van der Waals surface area contributed by atoms with Crippen LogP contribution in [-0.2, 0) is 6.18 Å². The van der Waals surface area contributed by atoms with Crippen molar-refractivity contribution >= 4 is 11.7 Å². The van der Waals surface area contributed by atoms with E-state index in [0.717, 1.165) is 17.7 Å². The molecule has 0 aliphatic heterocycles. The molecule has 1 aromatic carbocycles. The van der Waals surface area contributed by atoms with Gasteiger partial charge in [-0.25, -0.2) is 4.79 Å². The molecule has 1 N–H and O–H groups in total. The zero-order chi connectivity index (χ0) is 18.6. The highest BCUT2D eigenvalue weighted by atomic mass is 19.4. The third kappa shape index (κ3) is 4.26. The molecular weight excluding hydrogens is 333 g/mol. The molecule has 0 bridgehead atoms. The van der Waals surface area contributed by atoms with Crippen molar-refractivity contribution in [3.63, 3.8) is 0 Å². The lowest BCUT2D eigenvalue weighted by Gasteiger charge is -2.25. The van der Waals surface area contributed by atoms with Crippen LogP contribution >= 0.6 is 0 Å². The van der Waals surface area contributed by atoms with Crippen LogP contribution in [0.2, 0.25) is 0 Å². The van der Waals surface area contributed by atoms with Gasteiger partial charge in [0.05, 0.1) is 23.2 Å². The molecule has 1 aromatic heterocycles. The number of pyridine rings is 1. The number of benzene rings is 1. The molecule has 0 aliphatic rings. The Morgan fingerprint density at radius 1 is 1.28 bits per heavy atom. The van der Waals surface area contributed by atoms with E-state index in [1.165, 1.54) is 24.1 Å². The predicted molar refractivity (Wildman–Crippen MR) is 85.6 cm³/mol. The van der Waals surface area contributed by atoms with Crippen molar-refractivity contribution in [2.24, 2.45) is 0 Å². The zero-order valence-corrected chi connectivity index (χ0v) is 13.5. The second kappa shape index (κ2) is 7.21. The van der Waals surface area contributed by atoms with Gasteiger partial charge < -0.3 is 10.2 Å². The van der Waals surface area contributed by atoms with Crippen LogP contribution in [0.4, 0.5) is 23.7 Å². The maximum absolute atomic E-state index is 13.0. The van der Waals surface area contributed by atoms with Gasteiger partial charge in [0.15, 0.2) is 0 Å². The van der Waals surface area contributed by atoms with E-state index in [1.54, 1.807) is 31.5 Å². The number of rotatable bonds is 3. The Hall–Kier alpha value is -3.08. The zero-order valence-electron chi connectivity index (χ0n) is 13.5. The Bertz CT molecular complexity index is 800. The molecule has 8 heteroatoms. The number of carbonyl (C=O) groups is 1. The van der Waals surface area contributed by atoms with Gasteiger partial charge >= 0.3 is 12.2 Å². The van der Waals surface area contributed by atoms with Gasteiger partial charge in [-0.3, -0.25) is 4.98 Å². The van der Waals surface area contributed by atoms with Gasteiger partial charge in [-0.15, -0.1) is 0 Å². The molecule has 0 fully saturated rings. The Morgan fingerprint density at radius 3 is 2.48 bits per heavy atom. The van der Waals surface area contributed by atoms with Gasteiger partial charge in [0.25, 0.3) is 0 Å². The molecule has 1 atom stereocenters. The molecule has 0 unspecified atom stereocenters. The maximum Gasteiger partial charge on any atom is 0.417 e. The van der Waals surface area contributed by atoms with Crippen LogP contribution in [0, 0.1) is 11.3 Å². The highest BCUT2D eigenvalue weighted by molar-refractivity contribution is 5.89. The summed E-state index contributed by atoms with van der Waals surface area (Å²) >= 11 is 0. The Balaban J connectivity index is 2.19. The summed E-state index contributed by atoms with van der Waals surface area (Å²) in [7, 11) is 1.54. The molecule has 2 amide bonds. The van der Waals surface area contributed by atoms with E-state index in [-0.39, 0.29) is 11.7 Å². The molecule has 25 heavy (non-hydrogen) atoms. The summed E-state index contributed by atoms with van der Waals surface area (Å²) in [5, 5.41) is 11.2. The molecule has 0 spiro atoms. The molecule has 5 nitrogen and oxygen atoms in total. The Morgan fingerprint density at radius 2 is 1.92 bits per heavy atom. The first kappa shape index (κ1) is 18.3. The molecule has 0 saturated carbocycles. The first-order valence-electron chi connectivity index (χ1n) is 7.29. The number of aromatic nitrogens is 1. The van der Waals surface area contributed by atoms with Gasteiger partial charge in [-0.05, 0) is 42.8 Å². The van der Waals surface area contributed by atoms with Crippen molar-refractivity contribution in [3.05, 3.63) is 59.4 Å². The van der Waals surface area contributed by atoms with Crippen molar-refractivity contribution in [2.75, 3.05) is 12.4 Å². The summed E-state index contributed by atoms with van der Waals surface area (Å²) in [6.45, 7) is 1.79. The smallest absolute Gasteiger partial charge is 0.321 e. The lowest BCUT2D eigenvalue weighted by Crippen LogP contribution is -2.33. The predicted octanol–water partition coefficient (Wildman–Crippen LogP) is 4.20. The van der Waals surface area contributed by atoms with E-state index in [9.17, 15) is 18.0 Å². The molecule has 0 aliphatic carbocycles. The fraction of sp³-hybridized carbons (Fsp3) is 0.235. The number of halogens is 3. The molecule has 2 rings (SSSR count).